The van der Waals surface area contributed by atoms with Gasteiger partial charge in [-0.1, -0.05) is 23.2 Å². The highest BCUT2D eigenvalue weighted by molar-refractivity contribution is 6.38. The van der Waals surface area contributed by atoms with Crippen LogP contribution in [0, 0.1) is 11.3 Å². The van der Waals surface area contributed by atoms with Crippen molar-refractivity contribution in [1.82, 2.24) is 9.97 Å². The lowest BCUT2D eigenvalue weighted by molar-refractivity contribution is 0.102. The largest absolute Gasteiger partial charge is 0.317 e. The van der Waals surface area contributed by atoms with Crippen molar-refractivity contribution in [2.75, 3.05) is 5.32 Å². The van der Waals surface area contributed by atoms with Gasteiger partial charge in [0.25, 0.3) is 5.91 Å². The summed E-state index contributed by atoms with van der Waals surface area (Å²) in [6.45, 7) is 0. The Bertz CT molecular complexity index is 644. The Morgan fingerprint density at radius 1 is 1.16 bits per heavy atom. The van der Waals surface area contributed by atoms with Crippen molar-refractivity contribution in [2.24, 2.45) is 0 Å². The van der Waals surface area contributed by atoms with Gasteiger partial charge >= 0.3 is 0 Å². The molecule has 7 heteroatoms. The number of hydrogen-bond acceptors (Lipinski definition) is 4. The molecule has 0 saturated carbocycles. The molecule has 1 amide bonds. The summed E-state index contributed by atoms with van der Waals surface area (Å²) in [6, 6.07) is 8.10. The zero-order valence-electron chi connectivity index (χ0n) is 9.39. The maximum absolute atomic E-state index is 12.0. The van der Waals surface area contributed by atoms with Crippen molar-refractivity contribution in [3.8, 4) is 6.07 Å². The van der Waals surface area contributed by atoms with Gasteiger partial charge in [-0.2, -0.15) is 5.26 Å². The van der Waals surface area contributed by atoms with Gasteiger partial charge in [0.05, 0.1) is 11.6 Å². The predicted octanol–water partition coefficient (Wildman–Crippen LogP) is 2.91. The van der Waals surface area contributed by atoms with E-state index in [0.717, 1.165) is 0 Å². The summed E-state index contributed by atoms with van der Waals surface area (Å²) in [5.41, 5.74) is 0.992. The molecule has 0 radical (unpaired) electrons. The first kappa shape index (κ1) is 13.3. The van der Waals surface area contributed by atoms with Gasteiger partial charge in [0.1, 0.15) is 12.0 Å². The number of benzene rings is 1. The SMILES string of the molecule is N#Cc1ccc(C(=O)Nc2c(Cl)ncnc2Cl)cc1. The number of rotatable bonds is 2. The Balaban J connectivity index is 2.23. The molecule has 1 N–H and O–H groups in total. The smallest absolute Gasteiger partial charge is 0.255 e. The van der Waals surface area contributed by atoms with E-state index in [9.17, 15) is 4.79 Å². The molecule has 1 aromatic carbocycles. The number of aromatic nitrogens is 2. The Morgan fingerprint density at radius 2 is 1.74 bits per heavy atom. The monoisotopic (exact) mass is 292 g/mol. The number of anilines is 1. The number of nitrogens with zero attached hydrogens (tertiary/aromatic N) is 3. The summed E-state index contributed by atoms with van der Waals surface area (Å²) in [5, 5.41) is 11.3. The molecule has 1 aromatic heterocycles. The van der Waals surface area contributed by atoms with E-state index in [1.807, 2.05) is 6.07 Å². The lowest BCUT2D eigenvalue weighted by Crippen LogP contribution is -2.13. The number of carbonyl (C=O) groups is 1. The number of nitriles is 1. The number of carbonyl (C=O) groups excluding carboxylic acids is 1. The molecular weight excluding hydrogens is 287 g/mol. The van der Waals surface area contributed by atoms with E-state index < -0.39 is 5.91 Å². The number of hydrogen-bond donors (Lipinski definition) is 1. The van der Waals surface area contributed by atoms with E-state index in [0.29, 0.717) is 11.1 Å². The van der Waals surface area contributed by atoms with Crippen LogP contribution < -0.4 is 5.32 Å². The molecule has 0 spiro atoms. The molecule has 0 aliphatic rings. The van der Waals surface area contributed by atoms with Gasteiger partial charge in [0, 0.05) is 5.56 Å². The Kier molecular flexibility index (Phi) is 3.95. The Labute approximate surface area is 118 Å². The standard InChI is InChI=1S/C12H6Cl2N4O/c13-10-9(11(14)17-6-16-10)18-12(19)8-3-1-7(5-15)2-4-8/h1-4,6H,(H,18,19). The second-order valence-corrected chi connectivity index (χ2v) is 4.19. The average Bonchev–Trinajstić information content (AvgIpc) is 2.43. The maximum Gasteiger partial charge on any atom is 0.255 e. The number of halogens is 2. The van der Waals surface area contributed by atoms with Crippen molar-refractivity contribution in [3.63, 3.8) is 0 Å². The maximum atomic E-state index is 12.0. The third-order valence-corrected chi connectivity index (χ3v) is 2.84. The van der Waals surface area contributed by atoms with Gasteiger partial charge in [-0.25, -0.2) is 9.97 Å². The van der Waals surface area contributed by atoms with Crippen molar-refractivity contribution >= 4 is 34.8 Å². The highest BCUT2D eigenvalue weighted by atomic mass is 35.5. The van der Waals surface area contributed by atoms with Crippen LogP contribution in [0.1, 0.15) is 15.9 Å². The topological polar surface area (TPSA) is 78.7 Å². The van der Waals surface area contributed by atoms with Crippen molar-refractivity contribution in [3.05, 3.63) is 52.0 Å². The van der Waals surface area contributed by atoms with Crippen LogP contribution in [-0.4, -0.2) is 15.9 Å². The van der Waals surface area contributed by atoms with Crippen molar-refractivity contribution < 1.29 is 4.79 Å². The van der Waals surface area contributed by atoms with Gasteiger partial charge in [-0.3, -0.25) is 4.79 Å². The summed E-state index contributed by atoms with van der Waals surface area (Å²) in [7, 11) is 0. The quantitative estimate of drug-likeness (QED) is 0.863. The first-order valence-electron chi connectivity index (χ1n) is 5.09. The van der Waals surface area contributed by atoms with Crippen molar-refractivity contribution in [1.29, 1.82) is 5.26 Å². The molecule has 1 heterocycles. The number of amides is 1. The van der Waals surface area contributed by atoms with Gasteiger partial charge in [0.2, 0.25) is 0 Å². The lowest BCUT2D eigenvalue weighted by Gasteiger charge is -2.07. The molecule has 0 bridgehead atoms. The summed E-state index contributed by atoms with van der Waals surface area (Å²) in [6.07, 6.45) is 1.20. The van der Waals surface area contributed by atoms with Gasteiger partial charge in [0.15, 0.2) is 10.3 Å². The zero-order chi connectivity index (χ0) is 13.8. The van der Waals surface area contributed by atoms with Crippen LogP contribution in [0.5, 0.6) is 0 Å². The fourth-order valence-corrected chi connectivity index (χ4v) is 1.74. The minimum absolute atomic E-state index is 0.0574. The summed E-state index contributed by atoms with van der Waals surface area (Å²) < 4.78 is 0. The third-order valence-electron chi connectivity index (χ3n) is 2.27. The van der Waals surface area contributed by atoms with E-state index in [2.05, 4.69) is 15.3 Å². The van der Waals surface area contributed by atoms with Gasteiger partial charge in [-0.05, 0) is 24.3 Å². The average molecular weight is 293 g/mol. The predicted molar refractivity (Wildman–Crippen MR) is 71.2 cm³/mol. The molecule has 5 nitrogen and oxygen atoms in total. The molecule has 94 valence electrons. The van der Waals surface area contributed by atoms with E-state index >= 15 is 0 Å². The molecule has 0 unspecified atom stereocenters. The van der Waals surface area contributed by atoms with Crippen LogP contribution in [0.4, 0.5) is 5.69 Å². The van der Waals surface area contributed by atoms with E-state index in [1.165, 1.54) is 18.5 Å². The first-order chi connectivity index (χ1) is 9.11. The summed E-state index contributed by atoms with van der Waals surface area (Å²) >= 11 is 11.6. The molecule has 2 rings (SSSR count). The molecule has 0 aliphatic heterocycles. The Hall–Kier alpha value is -2.16. The molecule has 0 atom stereocenters. The van der Waals surface area contributed by atoms with E-state index in [1.54, 1.807) is 12.1 Å². The van der Waals surface area contributed by atoms with Crippen LogP contribution in [0.15, 0.2) is 30.6 Å². The van der Waals surface area contributed by atoms with Crippen LogP contribution in [0.25, 0.3) is 0 Å². The molecule has 0 aliphatic carbocycles. The summed E-state index contributed by atoms with van der Waals surface area (Å²) in [4.78, 5) is 19.4. The minimum atomic E-state index is -0.414. The van der Waals surface area contributed by atoms with E-state index in [4.69, 9.17) is 28.5 Å². The second-order valence-electron chi connectivity index (χ2n) is 3.47. The van der Waals surface area contributed by atoms with Crippen LogP contribution >= 0.6 is 23.2 Å². The van der Waals surface area contributed by atoms with Crippen LogP contribution in [0.2, 0.25) is 10.3 Å². The number of nitrogens with one attached hydrogen (secondary N) is 1. The minimum Gasteiger partial charge on any atom is -0.317 e. The molecular formula is C12H6Cl2N4O. The lowest BCUT2D eigenvalue weighted by atomic mass is 10.1. The van der Waals surface area contributed by atoms with Crippen molar-refractivity contribution in [2.45, 2.75) is 0 Å². The van der Waals surface area contributed by atoms with Gasteiger partial charge in [-0.15, -0.1) is 0 Å². The second kappa shape index (κ2) is 5.65. The fourth-order valence-electron chi connectivity index (χ4n) is 1.33. The molecule has 0 saturated heterocycles. The van der Waals surface area contributed by atoms with E-state index in [-0.39, 0.29) is 16.0 Å². The highest BCUT2D eigenvalue weighted by Gasteiger charge is 2.13. The molecule has 0 fully saturated rings. The summed E-state index contributed by atoms with van der Waals surface area (Å²) in [5.74, 6) is -0.414. The van der Waals surface area contributed by atoms with Crippen LogP contribution in [0.3, 0.4) is 0 Å². The highest BCUT2D eigenvalue weighted by Crippen LogP contribution is 2.26. The third kappa shape index (κ3) is 2.99. The van der Waals surface area contributed by atoms with Gasteiger partial charge < -0.3 is 5.32 Å². The zero-order valence-corrected chi connectivity index (χ0v) is 10.9. The normalized spacial score (nSPS) is 9.74. The molecule has 19 heavy (non-hydrogen) atoms. The Morgan fingerprint density at radius 3 is 2.26 bits per heavy atom. The fraction of sp³-hybridized carbons (Fsp3) is 0. The van der Waals surface area contributed by atoms with Crippen LogP contribution in [-0.2, 0) is 0 Å². The first-order valence-corrected chi connectivity index (χ1v) is 5.85. The molecule has 2 aromatic rings.